The van der Waals surface area contributed by atoms with E-state index in [1.54, 1.807) is 12.0 Å². The van der Waals surface area contributed by atoms with E-state index in [2.05, 4.69) is 5.32 Å². The zero-order valence-electron chi connectivity index (χ0n) is 14.9. The van der Waals surface area contributed by atoms with Crippen LogP contribution in [0.1, 0.15) is 37.3 Å². The molecule has 0 bridgehead atoms. The summed E-state index contributed by atoms with van der Waals surface area (Å²) in [5.41, 5.74) is 1.01. The van der Waals surface area contributed by atoms with Crippen LogP contribution in [0.2, 0.25) is 0 Å². The van der Waals surface area contributed by atoms with Gasteiger partial charge in [-0.05, 0) is 18.9 Å². The maximum atomic E-state index is 13.0. The van der Waals surface area contributed by atoms with E-state index >= 15 is 0 Å². The number of rotatable bonds is 4. The number of hydrogen-bond acceptors (Lipinski definition) is 4. The number of para-hydroxylation sites is 1. The molecule has 2 amide bonds. The molecule has 6 heteroatoms. The Bertz CT molecular complexity index is 620. The van der Waals surface area contributed by atoms with Crippen molar-refractivity contribution in [3.63, 3.8) is 0 Å². The molecule has 2 saturated heterocycles. The van der Waals surface area contributed by atoms with E-state index in [1.807, 2.05) is 29.2 Å². The molecule has 0 spiro atoms. The number of nitrogens with zero attached hydrogens (tertiary/aromatic N) is 2. The molecule has 136 valence electrons. The lowest BCUT2D eigenvalue weighted by Gasteiger charge is -2.38. The Morgan fingerprint density at radius 2 is 2.08 bits per heavy atom. The highest BCUT2D eigenvalue weighted by atomic mass is 16.5. The number of carbonyl (C=O) groups excluding carboxylic acids is 2. The Morgan fingerprint density at radius 1 is 1.24 bits per heavy atom. The zero-order chi connectivity index (χ0) is 17.6. The third-order valence-corrected chi connectivity index (χ3v) is 5.06. The topological polar surface area (TPSA) is 61.9 Å². The van der Waals surface area contributed by atoms with Crippen molar-refractivity contribution in [2.75, 3.05) is 39.8 Å². The van der Waals surface area contributed by atoms with Crippen LogP contribution >= 0.6 is 0 Å². The Kier molecular flexibility index (Phi) is 5.91. The Balaban J connectivity index is 1.76. The number of piperazine rings is 1. The van der Waals surface area contributed by atoms with E-state index in [1.165, 1.54) is 0 Å². The van der Waals surface area contributed by atoms with Gasteiger partial charge in [-0.3, -0.25) is 9.59 Å². The molecule has 1 atom stereocenters. The van der Waals surface area contributed by atoms with Crippen LogP contribution in [0.25, 0.3) is 0 Å². The van der Waals surface area contributed by atoms with Gasteiger partial charge in [0.25, 0.3) is 0 Å². The van der Waals surface area contributed by atoms with E-state index in [-0.39, 0.29) is 24.4 Å². The maximum Gasteiger partial charge on any atom is 0.242 e. The second-order valence-corrected chi connectivity index (χ2v) is 6.67. The molecule has 0 saturated carbocycles. The quantitative estimate of drug-likeness (QED) is 0.900. The first-order valence-electron chi connectivity index (χ1n) is 9.11. The molecule has 1 aromatic carbocycles. The molecule has 3 rings (SSSR count). The molecule has 6 nitrogen and oxygen atoms in total. The van der Waals surface area contributed by atoms with Gasteiger partial charge >= 0.3 is 0 Å². The van der Waals surface area contributed by atoms with Crippen molar-refractivity contribution in [2.24, 2.45) is 0 Å². The molecule has 25 heavy (non-hydrogen) atoms. The smallest absolute Gasteiger partial charge is 0.242 e. The van der Waals surface area contributed by atoms with Crippen LogP contribution in [-0.2, 0) is 9.59 Å². The summed E-state index contributed by atoms with van der Waals surface area (Å²) in [6.07, 6.45) is 3.54. The summed E-state index contributed by atoms with van der Waals surface area (Å²) in [4.78, 5) is 28.8. The molecule has 2 aliphatic rings. The molecule has 2 aliphatic heterocycles. The van der Waals surface area contributed by atoms with Gasteiger partial charge in [0.2, 0.25) is 11.8 Å². The van der Waals surface area contributed by atoms with Crippen LogP contribution in [0.4, 0.5) is 0 Å². The Morgan fingerprint density at radius 3 is 2.92 bits per heavy atom. The molecule has 1 aromatic rings. The number of methoxy groups -OCH3 is 1. The number of benzene rings is 1. The fourth-order valence-corrected chi connectivity index (χ4v) is 3.68. The second-order valence-electron chi connectivity index (χ2n) is 6.67. The standard InChI is InChI=1S/C19H27N3O3/c1-25-17-8-5-4-7-15(17)16-13-20-10-12-22(16)19(24)14-21-11-6-2-3-9-18(21)23/h4-5,7-8,16,20H,2-3,6,9-14H2,1H3. The molecule has 2 fully saturated rings. The van der Waals surface area contributed by atoms with Crippen molar-refractivity contribution in [3.8, 4) is 5.75 Å². The normalized spacial score (nSPS) is 21.8. The van der Waals surface area contributed by atoms with Crippen LogP contribution < -0.4 is 10.1 Å². The number of nitrogens with one attached hydrogen (secondary N) is 1. The van der Waals surface area contributed by atoms with Gasteiger partial charge in [-0.1, -0.05) is 24.6 Å². The second kappa shape index (κ2) is 8.34. The third-order valence-electron chi connectivity index (χ3n) is 5.06. The summed E-state index contributed by atoms with van der Waals surface area (Å²) in [5.74, 6) is 0.919. The fraction of sp³-hybridized carbons (Fsp3) is 0.579. The summed E-state index contributed by atoms with van der Waals surface area (Å²) >= 11 is 0. The first-order chi connectivity index (χ1) is 12.2. The minimum Gasteiger partial charge on any atom is -0.496 e. The van der Waals surface area contributed by atoms with Gasteiger partial charge < -0.3 is 19.9 Å². The lowest BCUT2D eigenvalue weighted by molar-refractivity contribution is -0.142. The number of likely N-dealkylation sites (tertiary alicyclic amines) is 1. The number of amides is 2. The first kappa shape index (κ1) is 17.7. The van der Waals surface area contributed by atoms with Gasteiger partial charge in [0.1, 0.15) is 5.75 Å². The highest BCUT2D eigenvalue weighted by molar-refractivity contribution is 5.85. The summed E-state index contributed by atoms with van der Waals surface area (Å²) in [7, 11) is 1.65. The lowest BCUT2D eigenvalue weighted by Crippen LogP contribution is -2.52. The van der Waals surface area contributed by atoms with Crippen molar-refractivity contribution < 1.29 is 14.3 Å². The molecule has 0 aromatic heterocycles. The summed E-state index contributed by atoms with van der Waals surface area (Å²) < 4.78 is 5.48. The largest absolute Gasteiger partial charge is 0.496 e. The minimum absolute atomic E-state index is 0.0210. The van der Waals surface area contributed by atoms with Gasteiger partial charge in [0, 0.05) is 38.2 Å². The SMILES string of the molecule is COc1ccccc1C1CNCCN1C(=O)CN1CCCCCC1=O. The Hall–Kier alpha value is -2.08. The number of carbonyl (C=O) groups is 2. The highest BCUT2D eigenvalue weighted by Gasteiger charge is 2.31. The molecule has 1 N–H and O–H groups in total. The van der Waals surface area contributed by atoms with Crippen molar-refractivity contribution in [3.05, 3.63) is 29.8 Å². The van der Waals surface area contributed by atoms with Crippen LogP contribution in [-0.4, -0.2) is 61.4 Å². The minimum atomic E-state index is -0.0699. The number of ether oxygens (including phenoxy) is 1. The summed E-state index contributed by atoms with van der Waals surface area (Å²) in [6.45, 7) is 2.98. The zero-order valence-corrected chi connectivity index (χ0v) is 14.9. The molecular weight excluding hydrogens is 318 g/mol. The first-order valence-corrected chi connectivity index (χ1v) is 9.11. The molecular formula is C19H27N3O3. The molecule has 2 heterocycles. The predicted octanol–water partition coefficient (Wildman–Crippen LogP) is 1.57. The van der Waals surface area contributed by atoms with Crippen LogP contribution in [0, 0.1) is 0 Å². The third kappa shape index (κ3) is 4.12. The molecule has 1 unspecified atom stereocenters. The van der Waals surface area contributed by atoms with E-state index < -0.39 is 0 Å². The monoisotopic (exact) mass is 345 g/mol. The van der Waals surface area contributed by atoms with Crippen molar-refractivity contribution >= 4 is 11.8 Å². The highest BCUT2D eigenvalue weighted by Crippen LogP contribution is 2.30. The summed E-state index contributed by atoms with van der Waals surface area (Å²) in [5, 5.41) is 3.36. The van der Waals surface area contributed by atoms with Gasteiger partial charge in [-0.2, -0.15) is 0 Å². The average molecular weight is 345 g/mol. The predicted molar refractivity (Wildman–Crippen MR) is 95.4 cm³/mol. The lowest BCUT2D eigenvalue weighted by atomic mass is 10.0. The molecule has 0 radical (unpaired) electrons. The van der Waals surface area contributed by atoms with Crippen molar-refractivity contribution in [2.45, 2.75) is 31.7 Å². The molecule has 0 aliphatic carbocycles. The Labute approximate surface area is 149 Å². The van der Waals surface area contributed by atoms with Crippen LogP contribution in [0.5, 0.6) is 5.75 Å². The van der Waals surface area contributed by atoms with E-state index in [0.29, 0.717) is 26.1 Å². The van der Waals surface area contributed by atoms with E-state index in [9.17, 15) is 9.59 Å². The van der Waals surface area contributed by atoms with Crippen molar-refractivity contribution in [1.29, 1.82) is 0 Å². The van der Waals surface area contributed by atoms with Crippen LogP contribution in [0.15, 0.2) is 24.3 Å². The van der Waals surface area contributed by atoms with Gasteiger partial charge in [0.15, 0.2) is 0 Å². The fourth-order valence-electron chi connectivity index (χ4n) is 3.68. The van der Waals surface area contributed by atoms with E-state index in [0.717, 1.165) is 37.1 Å². The average Bonchev–Trinajstić information content (AvgIpc) is 2.86. The van der Waals surface area contributed by atoms with Crippen LogP contribution in [0.3, 0.4) is 0 Å². The van der Waals surface area contributed by atoms with E-state index in [4.69, 9.17) is 4.74 Å². The summed E-state index contributed by atoms with van der Waals surface area (Å²) in [6, 6.07) is 7.76. The van der Waals surface area contributed by atoms with Gasteiger partial charge in [0.05, 0.1) is 19.7 Å². The van der Waals surface area contributed by atoms with Crippen molar-refractivity contribution in [1.82, 2.24) is 15.1 Å². The van der Waals surface area contributed by atoms with Gasteiger partial charge in [-0.15, -0.1) is 0 Å². The maximum absolute atomic E-state index is 13.0. The van der Waals surface area contributed by atoms with Gasteiger partial charge in [-0.25, -0.2) is 0 Å². The number of hydrogen-bond donors (Lipinski definition) is 1.